The molecule has 0 saturated carbocycles. The minimum Gasteiger partial charge on any atom is -0.361 e. The molecule has 0 spiro atoms. The lowest BCUT2D eigenvalue weighted by atomic mass is 10.1. The molecule has 0 radical (unpaired) electrons. The van der Waals surface area contributed by atoms with E-state index in [2.05, 4.69) is 10.5 Å². The molecule has 8 heteroatoms. The molecule has 1 aromatic carbocycles. The summed E-state index contributed by atoms with van der Waals surface area (Å²) in [4.78, 5) is 27.6. The lowest BCUT2D eigenvalue weighted by Crippen LogP contribution is -2.36. The van der Waals surface area contributed by atoms with Crippen LogP contribution >= 0.6 is 23.4 Å². The summed E-state index contributed by atoms with van der Waals surface area (Å²) in [6.45, 7) is 4.86. The standard InChI is InChI=1S/C20H24ClN3O3S/c1-13-18(14(2)27-23-13)11-24-10-9-16(5-8-20(24)26)22-19(25)12-28-17-6-3-15(21)4-7-17/h3-4,6-7,16H,5,8-12H2,1-2H3,(H,22,25). The molecule has 1 aromatic heterocycles. The van der Waals surface area contributed by atoms with Crippen molar-refractivity contribution >= 4 is 35.2 Å². The van der Waals surface area contributed by atoms with E-state index in [1.165, 1.54) is 11.8 Å². The van der Waals surface area contributed by atoms with E-state index in [1.54, 1.807) is 0 Å². The fourth-order valence-electron chi connectivity index (χ4n) is 3.22. The molecule has 1 saturated heterocycles. The Balaban J connectivity index is 1.49. The molecule has 2 aromatic rings. The number of amides is 2. The maximum absolute atomic E-state index is 12.5. The van der Waals surface area contributed by atoms with Gasteiger partial charge in [-0.05, 0) is 51.0 Å². The number of carbonyl (C=O) groups excluding carboxylic acids is 2. The molecule has 0 aliphatic carbocycles. The Hall–Kier alpha value is -1.99. The fraction of sp³-hybridized carbons (Fsp3) is 0.450. The molecule has 28 heavy (non-hydrogen) atoms. The van der Waals surface area contributed by atoms with Crippen molar-refractivity contribution in [2.45, 2.75) is 50.6 Å². The molecule has 1 unspecified atom stereocenters. The zero-order valence-corrected chi connectivity index (χ0v) is 17.6. The van der Waals surface area contributed by atoms with E-state index < -0.39 is 0 Å². The topological polar surface area (TPSA) is 75.4 Å². The summed E-state index contributed by atoms with van der Waals surface area (Å²) in [5.41, 5.74) is 1.79. The van der Waals surface area contributed by atoms with Crippen molar-refractivity contribution in [3.63, 3.8) is 0 Å². The number of thioether (sulfide) groups is 1. The highest BCUT2D eigenvalue weighted by Crippen LogP contribution is 2.21. The van der Waals surface area contributed by atoms with Gasteiger partial charge in [-0.15, -0.1) is 11.8 Å². The molecule has 3 rings (SSSR count). The number of hydrogen-bond donors (Lipinski definition) is 1. The molecule has 1 aliphatic heterocycles. The first-order valence-corrected chi connectivity index (χ1v) is 10.7. The third-order valence-corrected chi connectivity index (χ3v) is 6.15. The van der Waals surface area contributed by atoms with Crippen molar-refractivity contribution in [2.24, 2.45) is 0 Å². The highest BCUT2D eigenvalue weighted by molar-refractivity contribution is 8.00. The Kier molecular flexibility index (Phi) is 7.02. The van der Waals surface area contributed by atoms with E-state index in [9.17, 15) is 9.59 Å². The third kappa shape index (κ3) is 5.52. The van der Waals surface area contributed by atoms with Crippen molar-refractivity contribution in [3.05, 3.63) is 46.3 Å². The summed E-state index contributed by atoms with van der Waals surface area (Å²) in [7, 11) is 0. The van der Waals surface area contributed by atoms with E-state index in [-0.39, 0.29) is 17.9 Å². The molecule has 2 heterocycles. The predicted octanol–water partition coefficient (Wildman–Crippen LogP) is 3.73. The number of likely N-dealkylation sites (tertiary alicyclic amines) is 1. The van der Waals surface area contributed by atoms with Crippen LogP contribution in [0.15, 0.2) is 33.7 Å². The van der Waals surface area contributed by atoms with Gasteiger partial charge in [-0.25, -0.2) is 0 Å². The summed E-state index contributed by atoms with van der Waals surface area (Å²) in [5, 5.41) is 7.70. The smallest absolute Gasteiger partial charge is 0.230 e. The lowest BCUT2D eigenvalue weighted by Gasteiger charge is -2.21. The van der Waals surface area contributed by atoms with Crippen LogP contribution in [0.5, 0.6) is 0 Å². The molecular formula is C20H24ClN3O3S. The molecule has 1 aliphatic rings. The van der Waals surface area contributed by atoms with Gasteiger partial charge in [0.05, 0.1) is 18.0 Å². The summed E-state index contributed by atoms with van der Waals surface area (Å²) < 4.78 is 5.19. The number of aryl methyl sites for hydroxylation is 2. The molecule has 1 N–H and O–H groups in total. The average Bonchev–Trinajstić information content (AvgIpc) is 2.88. The van der Waals surface area contributed by atoms with Crippen LogP contribution in [0.2, 0.25) is 5.02 Å². The van der Waals surface area contributed by atoms with Gasteiger partial charge in [0.2, 0.25) is 11.8 Å². The van der Waals surface area contributed by atoms with Gasteiger partial charge < -0.3 is 14.7 Å². The van der Waals surface area contributed by atoms with Crippen LogP contribution in [0.4, 0.5) is 0 Å². The number of nitrogens with zero attached hydrogens (tertiary/aromatic N) is 2. The first-order chi connectivity index (χ1) is 13.4. The second-order valence-electron chi connectivity index (χ2n) is 6.95. The minimum atomic E-state index is -0.0171. The molecule has 2 amide bonds. The predicted molar refractivity (Wildman–Crippen MR) is 109 cm³/mol. The van der Waals surface area contributed by atoms with Crippen LogP contribution in [0, 0.1) is 13.8 Å². The monoisotopic (exact) mass is 421 g/mol. The molecular weight excluding hydrogens is 398 g/mol. The fourth-order valence-corrected chi connectivity index (χ4v) is 4.05. The molecule has 1 atom stereocenters. The second-order valence-corrected chi connectivity index (χ2v) is 8.44. The first-order valence-electron chi connectivity index (χ1n) is 9.29. The number of nitrogens with one attached hydrogen (secondary N) is 1. The minimum absolute atomic E-state index is 0.0111. The number of halogens is 1. The molecule has 1 fully saturated rings. The van der Waals surface area contributed by atoms with Gasteiger partial charge in [0.15, 0.2) is 0 Å². The summed E-state index contributed by atoms with van der Waals surface area (Å²) in [6, 6.07) is 7.43. The van der Waals surface area contributed by atoms with Gasteiger partial charge in [-0.3, -0.25) is 9.59 Å². The Bertz CT molecular complexity index is 818. The lowest BCUT2D eigenvalue weighted by molar-refractivity contribution is -0.131. The summed E-state index contributed by atoms with van der Waals surface area (Å²) in [6.07, 6.45) is 1.83. The van der Waals surface area contributed by atoms with Crippen molar-refractivity contribution in [1.82, 2.24) is 15.4 Å². The van der Waals surface area contributed by atoms with Crippen molar-refractivity contribution < 1.29 is 14.1 Å². The van der Waals surface area contributed by atoms with Gasteiger partial charge in [-0.1, -0.05) is 16.8 Å². The van der Waals surface area contributed by atoms with Crippen LogP contribution in [0.3, 0.4) is 0 Å². The summed E-state index contributed by atoms with van der Waals surface area (Å²) in [5.74, 6) is 1.18. The zero-order valence-electron chi connectivity index (χ0n) is 16.0. The van der Waals surface area contributed by atoms with E-state index in [4.69, 9.17) is 16.1 Å². The van der Waals surface area contributed by atoms with E-state index in [1.807, 2.05) is 43.0 Å². The maximum Gasteiger partial charge on any atom is 0.230 e. The van der Waals surface area contributed by atoms with Crippen LogP contribution in [0.1, 0.15) is 36.3 Å². The van der Waals surface area contributed by atoms with Gasteiger partial charge in [0.25, 0.3) is 0 Å². The number of benzene rings is 1. The van der Waals surface area contributed by atoms with E-state index in [0.717, 1.165) is 28.3 Å². The Morgan fingerprint density at radius 2 is 2.07 bits per heavy atom. The first kappa shape index (κ1) is 20.7. The molecule has 150 valence electrons. The van der Waals surface area contributed by atoms with E-state index >= 15 is 0 Å². The number of rotatable bonds is 6. The van der Waals surface area contributed by atoms with Crippen molar-refractivity contribution in [3.8, 4) is 0 Å². The maximum atomic E-state index is 12.5. The molecule has 0 bridgehead atoms. The normalized spacial score (nSPS) is 17.5. The number of carbonyl (C=O) groups is 2. The van der Waals surface area contributed by atoms with Crippen molar-refractivity contribution in [1.29, 1.82) is 0 Å². The largest absolute Gasteiger partial charge is 0.361 e. The van der Waals surface area contributed by atoms with Gasteiger partial charge >= 0.3 is 0 Å². The second kappa shape index (κ2) is 9.47. The average molecular weight is 422 g/mol. The van der Waals surface area contributed by atoms with E-state index in [0.29, 0.717) is 36.7 Å². The van der Waals surface area contributed by atoms with Gasteiger partial charge in [0, 0.05) is 34.5 Å². The van der Waals surface area contributed by atoms with Crippen LogP contribution in [-0.2, 0) is 16.1 Å². The summed E-state index contributed by atoms with van der Waals surface area (Å²) >= 11 is 7.35. The van der Waals surface area contributed by atoms with Gasteiger partial charge in [-0.2, -0.15) is 0 Å². The quantitative estimate of drug-likeness (QED) is 0.719. The van der Waals surface area contributed by atoms with Gasteiger partial charge in [0.1, 0.15) is 5.76 Å². The van der Waals surface area contributed by atoms with Crippen LogP contribution in [0.25, 0.3) is 0 Å². The van der Waals surface area contributed by atoms with Crippen molar-refractivity contribution in [2.75, 3.05) is 12.3 Å². The number of hydrogen-bond acceptors (Lipinski definition) is 5. The van der Waals surface area contributed by atoms with Crippen LogP contribution in [-0.4, -0.2) is 40.2 Å². The van der Waals surface area contributed by atoms with Crippen LogP contribution < -0.4 is 5.32 Å². The molecule has 6 nitrogen and oxygen atoms in total. The Morgan fingerprint density at radius 3 is 2.75 bits per heavy atom. The zero-order chi connectivity index (χ0) is 20.1. The SMILES string of the molecule is Cc1noc(C)c1CN1CCC(NC(=O)CSc2ccc(Cl)cc2)CCC1=O. The Labute approximate surface area is 174 Å². The number of aromatic nitrogens is 1. The Morgan fingerprint density at radius 1 is 1.32 bits per heavy atom. The third-order valence-electron chi connectivity index (χ3n) is 4.89. The highest BCUT2D eigenvalue weighted by atomic mass is 35.5. The highest BCUT2D eigenvalue weighted by Gasteiger charge is 2.25.